The van der Waals surface area contributed by atoms with Crippen molar-refractivity contribution in [2.75, 3.05) is 20.3 Å². The second-order valence-corrected chi connectivity index (χ2v) is 4.67. The van der Waals surface area contributed by atoms with Crippen LogP contribution < -0.4 is 0 Å². The van der Waals surface area contributed by atoms with Crippen molar-refractivity contribution in [3.05, 3.63) is 23.8 Å². The minimum Gasteiger partial charge on any atom is -0.504 e. The van der Waals surface area contributed by atoms with Gasteiger partial charge in [0.2, 0.25) is 0 Å². The number of aliphatic carboxylic acids is 1. The Balaban J connectivity index is 2.19. The molecule has 108 valence electrons. The van der Waals surface area contributed by atoms with Crippen LogP contribution in [0.1, 0.15) is 10.4 Å². The molecule has 0 radical (unpaired) electrons. The van der Waals surface area contributed by atoms with E-state index < -0.39 is 29.6 Å². The molecule has 1 aromatic carbocycles. The summed E-state index contributed by atoms with van der Waals surface area (Å²) in [4.78, 5) is 24.6. The van der Waals surface area contributed by atoms with Gasteiger partial charge in [0.15, 0.2) is 11.5 Å². The highest BCUT2D eigenvalue weighted by Gasteiger charge is 2.38. The molecule has 7 nitrogen and oxygen atoms in total. The van der Waals surface area contributed by atoms with Crippen LogP contribution in [0.15, 0.2) is 18.2 Å². The molecule has 20 heavy (non-hydrogen) atoms. The fourth-order valence-electron chi connectivity index (χ4n) is 2.17. The number of carbonyl (C=O) groups is 2. The third-order valence-electron chi connectivity index (χ3n) is 3.41. The second kappa shape index (κ2) is 5.38. The minimum absolute atomic E-state index is 0.0679. The van der Waals surface area contributed by atoms with Crippen LogP contribution >= 0.6 is 0 Å². The van der Waals surface area contributed by atoms with Crippen molar-refractivity contribution in [2.45, 2.75) is 6.04 Å². The zero-order valence-electron chi connectivity index (χ0n) is 10.8. The summed E-state index contributed by atoms with van der Waals surface area (Å²) in [5.74, 6) is -2.95. The fraction of sp³-hybridized carbons (Fsp3) is 0.385. The summed E-state index contributed by atoms with van der Waals surface area (Å²) < 4.78 is 5.12. The highest BCUT2D eigenvalue weighted by atomic mass is 16.5. The van der Waals surface area contributed by atoms with Gasteiger partial charge in [-0.25, -0.2) is 0 Å². The predicted molar refractivity (Wildman–Crippen MR) is 67.6 cm³/mol. The Hall–Kier alpha value is -2.28. The van der Waals surface area contributed by atoms with Crippen LogP contribution in [0, 0.1) is 5.92 Å². The van der Waals surface area contributed by atoms with Crippen LogP contribution in [0.4, 0.5) is 0 Å². The van der Waals surface area contributed by atoms with Crippen molar-refractivity contribution in [3.8, 4) is 11.5 Å². The molecular weight excluding hydrogens is 266 g/mol. The number of phenolic OH excluding ortho intramolecular Hbond substituents is 2. The highest BCUT2D eigenvalue weighted by molar-refractivity contribution is 5.95. The van der Waals surface area contributed by atoms with E-state index in [2.05, 4.69) is 0 Å². The maximum absolute atomic E-state index is 12.2. The highest BCUT2D eigenvalue weighted by Crippen LogP contribution is 2.27. The summed E-state index contributed by atoms with van der Waals surface area (Å²) in [7, 11) is 1.49. The lowest BCUT2D eigenvalue weighted by Gasteiger charge is -2.26. The monoisotopic (exact) mass is 281 g/mol. The van der Waals surface area contributed by atoms with Crippen LogP contribution in [0.2, 0.25) is 0 Å². The number of aromatic hydroxyl groups is 2. The molecule has 1 heterocycles. The van der Waals surface area contributed by atoms with E-state index >= 15 is 0 Å². The molecule has 0 aromatic heterocycles. The van der Waals surface area contributed by atoms with Crippen molar-refractivity contribution in [1.82, 2.24) is 4.90 Å². The maximum Gasteiger partial charge on any atom is 0.311 e. The molecule has 1 amide bonds. The number of rotatable bonds is 3. The van der Waals surface area contributed by atoms with Gasteiger partial charge in [-0.3, -0.25) is 9.59 Å². The van der Waals surface area contributed by atoms with E-state index in [1.165, 1.54) is 24.1 Å². The predicted octanol–water partition coefficient (Wildman–Crippen LogP) is 0.269. The van der Waals surface area contributed by atoms with Gasteiger partial charge < -0.3 is 25.0 Å². The summed E-state index contributed by atoms with van der Waals surface area (Å²) in [5, 5.41) is 27.7. The number of likely N-dealkylation sites (N-methyl/N-ethyl adjacent to an activating group) is 1. The van der Waals surface area contributed by atoms with Gasteiger partial charge in [0.1, 0.15) is 5.92 Å². The van der Waals surface area contributed by atoms with Gasteiger partial charge in [0.25, 0.3) is 5.91 Å². The molecule has 7 heteroatoms. The summed E-state index contributed by atoms with van der Waals surface area (Å²) in [6.45, 7) is 0.224. The average molecular weight is 281 g/mol. The summed E-state index contributed by atoms with van der Waals surface area (Å²) in [5.41, 5.74) is 0.166. The Bertz CT molecular complexity index is 544. The number of phenols is 2. The lowest BCUT2D eigenvalue weighted by atomic mass is 10.0. The number of nitrogens with zero attached hydrogens (tertiary/aromatic N) is 1. The van der Waals surface area contributed by atoms with E-state index in [1.807, 2.05) is 0 Å². The standard InChI is InChI=1S/C13H15NO6/c1-14(9-6-20-5-8(9)13(18)19)12(17)7-2-3-10(15)11(16)4-7/h2-4,8-9,15-16H,5-6H2,1H3,(H,18,19). The number of benzene rings is 1. The Labute approximate surface area is 115 Å². The second-order valence-electron chi connectivity index (χ2n) is 4.67. The van der Waals surface area contributed by atoms with Crippen molar-refractivity contribution < 1.29 is 29.6 Å². The third kappa shape index (κ3) is 2.53. The molecular formula is C13H15NO6. The molecule has 2 atom stereocenters. The normalized spacial score (nSPS) is 21.6. The smallest absolute Gasteiger partial charge is 0.311 e. The first kappa shape index (κ1) is 14.1. The number of carbonyl (C=O) groups excluding carboxylic acids is 1. The molecule has 2 rings (SSSR count). The number of hydrogen-bond acceptors (Lipinski definition) is 5. The number of amides is 1. The topological polar surface area (TPSA) is 107 Å². The van der Waals surface area contributed by atoms with Gasteiger partial charge in [0.05, 0.1) is 19.3 Å². The molecule has 1 aliphatic rings. The van der Waals surface area contributed by atoms with Gasteiger partial charge >= 0.3 is 5.97 Å². The Morgan fingerprint density at radius 2 is 1.95 bits per heavy atom. The van der Waals surface area contributed by atoms with E-state index in [9.17, 15) is 19.8 Å². The fourth-order valence-corrected chi connectivity index (χ4v) is 2.17. The lowest BCUT2D eigenvalue weighted by molar-refractivity contribution is -0.142. The van der Waals surface area contributed by atoms with Gasteiger partial charge in [-0.1, -0.05) is 0 Å². The number of carboxylic acids is 1. The van der Waals surface area contributed by atoms with Gasteiger partial charge in [-0.2, -0.15) is 0 Å². The zero-order valence-corrected chi connectivity index (χ0v) is 10.8. The first-order valence-corrected chi connectivity index (χ1v) is 6.01. The minimum atomic E-state index is -1.01. The van der Waals surface area contributed by atoms with E-state index in [4.69, 9.17) is 9.84 Å². The van der Waals surface area contributed by atoms with E-state index in [0.29, 0.717) is 0 Å². The van der Waals surface area contributed by atoms with Crippen molar-refractivity contribution >= 4 is 11.9 Å². The van der Waals surface area contributed by atoms with Gasteiger partial charge in [-0.15, -0.1) is 0 Å². The molecule has 0 saturated carbocycles. The molecule has 3 N–H and O–H groups in total. The van der Waals surface area contributed by atoms with Crippen LogP contribution in [-0.2, 0) is 9.53 Å². The SMILES string of the molecule is CN(C(=O)c1ccc(O)c(O)c1)C1COCC1C(=O)O. The summed E-state index contributed by atoms with van der Waals surface area (Å²) >= 11 is 0. The average Bonchev–Trinajstić information content (AvgIpc) is 2.89. The molecule has 0 spiro atoms. The first-order chi connectivity index (χ1) is 9.41. The Morgan fingerprint density at radius 1 is 1.25 bits per heavy atom. The van der Waals surface area contributed by atoms with E-state index in [-0.39, 0.29) is 24.5 Å². The number of carboxylic acid groups (broad SMARTS) is 1. The lowest BCUT2D eigenvalue weighted by Crippen LogP contribution is -2.44. The van der Waals surface area contributed by atoms with Crippen LogP contribution in [0.3, 0.4) is 0 Å². The van der Waals surface area contributed by atoms with Crippen molar-refractivity contribution in [2.24, 2.45) is 5.92 Å². The number of hydrogen-bond donors (Lipinski definition) is 3. The number of ether oxygens (including phenoxy) is 1. The molecule has 0 bridgehead atoms. The summed E-state index contributed by atoms with van der Waals surface area (Å²) in [6.07, 6.45) is 0. The van der Waals surface area contributed by atoms with E-state index in [1.54, 1.807) is 0 Å². The molecule has 0 aliphatic carbocycles. The Kier molecular flexibility index (Phi) is 3.80. The first-order valence-electron chi connectivity index (χ1n) is 6.01. The summed E-state index contributed by atoms with van der Waals surface area (Å²) in [6, 6.07) is 3.14. The Morgan fingerprint density at radius 3 is 2.55 bits per heavy atom. The van der Waals surface area contributed by atoms with Crippen LogP contribution in [-0.4, -0.2) is 58.4 Å². The van der Waals surface area contributed by atoms with Crippen molar-refractivity contribution in [3.63, 3.8) is 0 Å². The molecule has 1 aromatic rings. The van der Waals surface area contributed by atoms with Gasteiger partial charge in [-0.05, 0) is 18.2 Å². The van der Waals surface area contributed by atoms with Crippen molar-refractivity contribution in [1.29, 1.82) is 0 Å². The third-order valence-corrected chi connectivity index (χ3v) is 3.41. The van der Waals surface area contributed by atoms with Crippen LogP contribution in [0.25, 0.3) is 0 Å². The quantitative estimate of drug-likeness (QED) is 0.686. The molecule has 1 aliphatic heterocycles. The molecule has 2 unspecified atom stereocenters. The largest absolute Gasteiger partial charge is 0.504 e. The van der Waals surface area contributed by atoms with Gasteiger partial charge in [0, 0.05) is 12.6 Å². The zero-order chi connectivity index (χ0) is 14.9. The molecule has 1 fully saturated rings. The molecule has 1 saturated heterocycles. The van der Waals surface area contributed by atoms with E-state index in [0.717, 1.165) is 6.07 Å². The maximum atomic E-state index is 12.2. The van der Waals surface area contributed by atoms with Crippen LogP contribution in [0.5, 0.6) is 11.5 Å².